The predicted octanol–water partition coefficient (Wildman–Crippen LogP) is 1.53. The molecular formula is C9H9O5P. The van der Waals surface area contributed by atoms with Crippen LogP contribution in [0.5, 0.6) is 5.75 Å². The molecule has 1 aromatic rings. The second-order valence-corrected chi connectivity index (χ2v) is 3.81. The van der Waals surface area contributed by atoms with Crippen LogP contribution in [0, 0.1) is 0 Å². The molecule has 0 fully saturated rings. The molecule has 0 spiro atoms. The van der Waals surface area contributed by atoms with E-state index in [-0.39, 0.29) is 11.3 Å². The van der Waals surface area contributed by atoms with E-state index in [1.807, 2.05) is 0 Å². The van der Waals surface area contributed by atoms with E-state index in [0.717, 1.165) is 6.08 Å². The number of phosphoric acid groups is 1. The van der Waals surface area contributed by atoms with Crippen molar-refractivity contribution in [2.45, 2.75) is 0 Å². The van der Waals surface area contributed by atoms with Crippen molar-refractivity contribution in [3.05, 3.63) is 42.5 Å². The maximum atomic E-state index is 11.3. The molecule has 0 aliphatic heterocycles. The molecule has 0 aliphatic rings. The summed E-state index contributed by atoms with van der Waals surface area (Å²) in [5.74, 6) is -0.616. The molecule has 0 aromatic heterocycles. The van der Waals surface area contributed by atoms with Crippen molar-refractivity contribution in [2.75, 3.05) is 0 Å². The van der Waals surface area contributed by atoms with Gasteiger partial charge in [0.1, 0.15) is 5.75 Å². The van der Waals surface area contributed by atoms with Gasteiger partial charge in [-0.25, -0.2) is 4.57 Å². The smallest absolute Gasteiger partial charge is 0.403 e. The summed E-state index contributed by atoms with van der Waals surface area (Å²) in [4.78, 5) is 28.5. The first-order chi connectivity index (χ1) is 6.94. The number of allylic oxidation sites excluding steroid dienone is 1. The van der Waals surface area contributed by atoms with Crippen LogP contribution < -0.4 is 4.52 Å². The third-order valence-electron chi connectivity index (χ3n) is 1.56. The zero-order valence-corrected chi connectivity index (χ0v) is 8.55. The molecule has 6 heteroatoms. The van der Waals surface area contributed by atoms with Crippen LogP contribution in [0.3, 0.4) is 0 Å². The summed E-state index contributed by atoms with van der Waals surface area (Å²) in [6, 6.07) is 5.76. The van der Waals surface area contributed by atoms with Crippen LogP contribution in [0.2, 0.25) is 0 Å². The Morgan fingerprint density at radius 2 is 2.00 bits per heavy atom. The first-order valence-corrected chi connectivity index (χ1v) is 5.48. The molecule has 0 radical (unpaired) electrons. The lowest BCUT2D eigenvalue weighted by molar-refractivity contribution is 0.104. The first-order valence-electron chi connectivity index (χ1n) is 3.95. The Labute approximate surface area is 86.2 Å². The number of benzene rings is 1. The summed E-state index contributed by atoms with van der Waals surface area (Å²) >= 11 is 0. The lowest BCUT2D eigenvalue weighted by Crippen LogP contribution is -1.99. The molecule has 0 amide bonds. The Morgan fingerprint density at radius 1 is 1.40 bits per heavy atom. The van der Waals surface area contributed by atoms with Gasteiger partial charge >= 0.3 is 7.82 Å². The largest absolute Gasteiger partial charge is 0.524 e. The number of hydrogen-bond acceptors (Lipinski definition) is 3. The summed E-state index contributed by atoms with van der Waals surface area (Å²) in [5, 5.41) is 0. The van der Waals surface area contributed by atoms with Gasteiger partial charge in [0, 0.05) is 0 Å². The molecule has 0 atom stereocenters. The zero-order valence-electron chi connectivity index (χ0n) is 7.66. The standard InChI is InChI=1S/C9H9O5P/c1-2-8(10)7-5-3-4-6-9(7)14-15(11,12)13/h2-6H,1H2,(H2,11,12,13). The summed E-state index contributed by atoms with van der Waals surface area (Å²) in [6.07, 6.45) is 1.04. The number of para-hydroxylation sites is 1. The minimum absolute atomic E-state index is 0.0656. The molecule has 0 heterocycles. The van der Waals surface area contributed by atoms with Crippen molar-refractivity contribution < 1.29 is 23.7 Å². The highest BCUT2D eigenvalue weighted by molar-refractivity contribution is 7.46. The second-order valence-electron chi connectivity index (χ2n) is 2.65. The van der Waals surface area contributed by atoms with Crippen LogP contribution in [0.15, 0.2) is 36.9 Å². The topological polar surface area (TPSA) is 83.8 Å². The van der Waals surface area contributed by atoms with Crippen LogP contribution in [0.4, 0.5) is 0 Å². The number of phosphoric ester groups is 1. The second kappa shape index (κ2) is 4.40. The predicted molar refractivity (Wildman–Crippen MR) is 53.6 cm³/mol. The minimum Gasteiger partial charge on any atom is -0.403 e. The Balaban J connectivity index is 3.12. The zero-order chi connectivity index (χ0) is 11.5. The molecule has 0 bridgehead atoms. The fourth-order valence-electron chi connectivity index (χ4n) is 0.988. The van der Waals surface area contributed by atoms with Crippen molar-refractivity contribution in [1.29, 1.82) is 0 Å². The number of carbonyl (C=O) groups is 1. The SMILES string of the molecule is C=CC(=O)c1ccccc1OP(=O)(O)O. The quantitative estimate of drug-likeness (QED) is 0.463. The maximum absolute atomic E-state index is 11.3. The fraction of sp³-hybridized carbons (Fsp3) is 0. The third-order valence-corrected chi connectivity index (χ3v) is 1.99. The molecule has 0 unspecified atom stereocenters. The van der Waals surface area contributed by atoms with Gasteiger partial charge in [0.2, 0.25) is 0 Å². The molecule has 80 valence electrons. The molecule has 0 aliphatic carbocycles. The van der Waals surface area contributed by atoms with Gasteiger partial charge in [-0.05, 0) is 18.2 Å². The van der Waals surface area contributed by atoms with Crippen LogP contribution in [0.1, 0.15) is 10.4 Å². The molecule has 0 saturated heterocycles. The number of carbonyl (C=O) groups excluding carboxylic acids is 1. The molecule has 15 heavy (non-hydrogen) atoms. The van der Waals surface area contributed by atoms with E-state index in [9.17, 15) is 9.36 Å². The summed E-state index contributed by atoms with van der Waals surface area (Å²) < 4.78 is 15.0. The Kier molecular flexibility index (Phi) is 3.42. The highest BCUT2D eigenvalue weighted by Crippen LogP contribution is 2.39. The molecule has 1 aromatic carbocycles. The highest BCUT2D eigenvalue weighted by atomic mass is 31.2. The average molecular weight is 228 g/mol. The van der Waals surface area contributed by atoms with Crippen molar-refractivity contribution >= 4 is 13.6 Å². The van der Waals surface area contributed by atoms with E-state index in [2.05, 4.69) is 11.1 Å². The highest BCUT2D eigenvalue weighted by Gasteiger charge is 2.19. The number of ketones is 1. The molecule has 5 nitrogen and oxygen atoms in total. The van der Waals surface area contributed by atoms with Gasteiger partial charge in [0.15, 0.2) is 5.78 Å². The van der Waals surface area contributed by atoms with Gasteiger partial charge in [0.25, 0.3) is 0 Å². The van der Waals surface area contributed by atoms with Gasteiger partial charge in [0.05, 0.1) is 5.56 Å². The van der Waals surface area contributed by atoms with Gasteiger partial charge < -0.3 is 4.52 Å². The van der Waals surface area contributed by atoms with Crippen LogP contribution in [-0.2, 0) is 4.57 Å². The first kappa shape index (κ1) is 11.7. The minimum atomic E-state index is -4.65. The van der Waals surface area contributed by atoms with E-state index in [0.29, 0.717) is 0 Å². The van der Waals surface area contributed by atoms with E-state index in [1.165, 1.54) is 18.2 Å². The normalized spacial score (nSPS) is 10.8. The monoisotopic (exact) mass is 228 g/mol. The van der Waals surface area contributed by atoms with Gasteiger partial charge in [-0.15, -0.1) is 0 Å². The van der Waals surface area contributed by atoms with Gasteiger partial charge in [-0.1, -0.05) is 18.7 Å². The summed E-state index contributed by atoms with van der Waals surface area (Å²) in [5.41, 5.74) is 0.0656. The molecule has 2 N–H and O–H groups in total. The summed E-state index contributed by atoms with van der Waals surface area (Å²) in [6.45, 7) is 3.28. The molecule has 0 saturated carbocycles. The Hall–Kier alpha value is -1.42. The van der Waals surface area contributed by atoms with E-state index in [1.54, 1.807) is 6.07 Å². The fourth-order valence-corrected chi connectivity index (χ4v) is 1.40. The van der Waals surface area contributed by atoms with E-state index >= 15 is 0 Å². The van der Waals surface area contributed by atoms with Crippen molar-refractivity contribution in [1.82, 2.24) is 0 Å². The van der Waals surface area contributed by atoms with Crippen molar-refractivity contribution in [3.8, 4) is 5.75 Å². The Morgan fingerprint density at radius 3 is 2.53 bits per heavy atom. The lowest BCUT2D eigenvalue weighted by Gasteiger charge is -2.09. The van der Waals surface area contributed by atoms with Crippen LogP contribution in [0.25, 0.3) is 0 Å². The van der Waals surface area contributed by atoms with Crippen molar-refractivity contribution in [2.24, 2.45) is 0 Å². The Bertz CT molecular complexity index is 434. The molecule has 1 rings (SSSR count). The van der Waals surface area contributed by atoms with Crippen LogP contribution >= 0.6 is 7.82 Å². The number of hydrogen-bond donors (Lipinski definition) is 2. The number of rotatable bonds is 4. The molecular weight excluding hydrogens is 219 g/mol. The van der Waals surface area contributed by atoms with Gasteiger partial charge in [-0.2, -0.15) is 0 Å². The average Bonchev–Trinajstić information content (AvgIpc) is 2.15. The van der Waals surface area contributed by atoms with Gasteiger partial charge in [-0.3, -0.25) is 14.6 Å². The third kappa shape index (κ3) is 3.32. The van der Waals surface area contributed by atoms with Crippen LogP contribution in [-0.4, -0.2) is 15.6 Å². The van der Waals surface area contributed by atoms with Crippen molar-refractivity contribution in [3.63, 3.8) is 0 Å². The summed E-state index contributed by atoms with van der Waals surface area (Å²) in [7, 11) is -4.65. The van der Waals surface area contributed by atoms with E-state index < -0.39 is 13.6 Å². The maximum Gasteiger partial charge on any atom is 0.524 e. The van der Waals surface area contributed by atoms with E-state index in [4.69, 9.17) is 9.79 Å². The lowest BCUT2D eigenvalue weighted by atomic mass is 10.1.